The van der Waals surface area contributed by atoms with E-state index in [1.807, 2.05) is 0 Å². The fraction of sp³-hybridized carbons (Fsp3) is 0.900. The zero-order valence-corrected chi connectivity index (χ0v) is 11.5. The number of aliphatic hydroxyl groups is 2. The molecule has 0 bridgehead atoms. The molecule has 2 aliphatic heterocycles. The Morgan fingerprint density at radius 2 is 2.00 bits per heavy atom. The highest BCUT2D eigenvalue weighted by Gasteiger charge is 2.49. The minimum atomic E-state index is -1.46. The van der Waals surface area contributed by atoms with Crippen LogP contribution in [0.1, 0.15) is 6.92 Å². The number of hydrogen-bond donors (Lipinski definition) is 2. The Labute approximate surface area is 119 Å². The summed E-state index contributed by atoms with van der Waals surface area (Å²) in [6, 6.07) is 0. The molecule has 2 fully saturated rings. The van der Waals surface area contributed by atoms with E-state index in [4.69, 9.17) is 42.1 Å². The summed E-state index contributed by atoms with van der Waals surface area (Å²) in [4.78, 5) is 9.86. The Morgan fingerprint density at radius 3 is 2.63 bits per heavy atom. The number of ether oxygens (including phenoxy) is 4. The van der Waals surface area contributed by atoms with Crippen molar-refractivity contribution in [2.24, 2.45) is 0 Å². The first kappa shape index (κ1) is 15.2. The van der Waals surface area contributed by atoms with Gasteiger partial charge in [-0.1, -0.05) is 23.2 Å². The maximum atomic E-state index is 11.3. The smallest absolute Gasteiger partial charge is 0.341 e. The molecule has 2 N–H and O–H groups in total. The third-order valence-electron chi connectivity index (χ3n) is 2.90. The molecule has 0 aliphatic carbocycles. The standard InChI is InChI=1S/C10H14Cl2O7/c1-3-16-2-4-7(17-3)5(13)6(14)10(18-4)19-9(15)8(11)12/h3-8,10,13-14H,2H2,1H3/t3?,4-,5-,6-,7-,10+/m1/s1. The molecule has 2 heterocycles. The Balaban J connectivity index is 2.03. The summed E-state index contributed by atoms with van der Waals surface area (Å²) in [7, 11) is 0. The average molecular weight is 317 g/mol. The molecule has 0 aromatic carbocycles. The Morgan fingerprint density at radius 1 is 1.32 bits per heavy atom. The van der Waals surface area contributed by atoms with Crippen molar-refractivity contribution in [1.82, 2.24) is 0 Å². The van der Waals surface area contributed by atoms with Gasteiger partial charge in [-0.3, -0.25) is 0 Å². The van der Waals surface area contributed by atoms with Crippen LogP contribution in [0.15, 0.2) is 0 Å². The first-order chi connectivity index (χ1) is 8.90. The molecule has 6 atom stereocenters. The molecular weight excluding hydrogens is 303 g/mol. The second-order valence-corrected chi connectivity index (χ2v) is 5.36. The van der Waals surface area contributed by atoms with Gasteiger partial charge in [-0.25, -0.2) is 4.79 Å². The van der Waals surface area contributed by atoms with Crippen molar-refractivity contribution in [3.63, 3.8) is 0 Å². The van der Waals surface area contributed by atoms with Crippen molar-refractivity contribution in [3.05, 3.63) is 0 Å². The third-order valence-corrected chi connectivity index (χ3v) is 3.25. The van der Waals surface area contributed by atoms with Crippen molar-refractivity contribution >= 4 is 29.2 Å². The van der Waals surface area contributed by atoms with Crippen LogP contribution >= 0.6 is 23.2 Å². The predicted octanol–water partition coefficient (Wildman–Crippen LogP) is -0.459. The average Bonchev–Trinajstić information content (AvgIpc) is 2.36. The molecule has 9 heteroatoms. The van der Waals surface area contributed by atoms with Gasteiger partial charge >= 0.3 is 5.97 Å². The van der Waals surface area contributed by atoms with Gasteiger partial charge in [0.2, 0.25) is 11.1 Å². The molecule has 0 aromatic heterocycles. The number of carbonyl (C=O) groups is 1. The monoisotopic (exact) mass is 316 g/mol. The number of fused-ring (bicyclic) bond motifs is 1. The molecule has 19 heavy (non-hydrogen) atoms. The number of alkyl halides is 2. The van der Waals surface area contributed by atoms with Crippen molar-refractivity contribution in [2.45, 2.75) is 48.8 Å². The number of carbonyl (C=O) groups excluding carboxylic acids is 1. The number of aliphatic hydroxyl groups excluding tert-OH is 2. The summed E-state index contributed by atoms with van der Waals surface area (Å²) in [5.41, 5.74) is 0. The third kappa shape index (κ3) is 3.30. The Kier molecular flexibility index (Phi) is 4.88. The summed E-state index contributed by atoms with van der Waals surface area (Å²) >= 11 is 10.7. The molecule has 0 spiro atoms. The van der Waals surface area contributed by atoms with Crippen molar-refractivity contribution in [3.8, 4) is 0 Å². The Hall–Kier alpha value is -0.150. The first-order valence-corrected chi connectivity index (χ1v) is 6.54. The summed E-state index contributed by atoms with van der Waals surface area (Å²) in [6.07, 6.45) is -6.02. The molecule has 1 unspecified atom stereocenters. The lowest BCUT2D eigenvalue weighted by molar-refractivity contribution is -0.350. The summed E-state index contributed by atoms with van der Waals surface area (Å²) in [5, 5.41) is 19.8. The molecule has 2 saturated heterocycles. The highest BCUT2D eigenvalue weighted by molar-refractivity contribution is 6.52. The minimum absolute atomic E-state index is 0.148. The fourth-order valence-electron chi connectivity index (χ4n) is 1.96. The molecular formula is C10H14Cl2O7. The lowest BCUT2D eigenvalue weighted by Gasteiger charge is -2.45. The molecule has 110 valence electrons. The van der Waals surface area contributed by atoms with Crippen molar-refractivity contribution in [2.75, 3.05) is 6.61 Å². The molecule has 0 radical (unpaired) electrons. The van der Waals surface area contributed by atoms with Gasteiger partial charge in [0, 0.05) is 0 Å². The van der Waals surface area contributed by atoms with Crippen molar-refractivity contribution in [1.29, 1.82) is 0 Å². The highest BCUT2D eigenvalue weighted by Crippen LogP contribution is 2.29. The van der Waals surface area contributed by atoms with Crippen LogP contribution in [0.5, 0.6) is 0 Å². The van der Waals surface area contributed by atoms with E-state index < -0.39 is 47.8 Å². The zero-order valence-electron chi connectivity index (χ0n) is 9.94. The van der Waals surface area contributed by atoms with Crippen LogP contribution in [0.3, 0.4) is 0 Å². The molecule has 2 rings (SSSR count). The van der Waals surface area contributed by atoms with Crippen molar-refractivity contribution < 1.29 is 34.0 Å². The van der Waals surface area contributed by atoms with Gasteiger partial charge in [0.1, 0.15) is 24.4 Å². The fourth-order valence-corrected chi connectivity index (χ4v) is 2.06. The minimum Gasteiger partial charge on any atom is -0.431 e. The van der Waals surface area contributed by atoms with Gasteiger partial charge in [-0.15, -0.1) is 0 Å². The molecule has 7 nitrogen and oxygen atoms in total. The van der Waals surface area contributed by atoms with Gasteiger partial charge in [0.05, 0.1) is 6.61 Å². The van der Waals surface area contributed by atoms with Gasteiger partial charge in [0.25, 0.3) is 0 Å². The van der Waals surface area contributed by atoms with Crippen LogP contribution in [0.25, 0.3) is 0 Å². The van der Waals surface area contributed by atoms with E-state index >= 15 is 0 Å². The molecule has 2 aliphatic rings. The largest absolute Gasteiger partial charge is 0.431 e. The first-order valence-electron chi connectivity index (χ1n) is 5.67. The van der Waals surface area contributed by atoms with Crippen LogP contribution in [0.4, 0.5) is 0 Å². The topological polar surface area (TPSA) is 94.5 Å². The lowest BCUT2D eigenvalue weighted by Crippen LogP contribution is -2.63. The summed E-state index contributed by atoms with van der Waals surface area (Å²) < 4.78 is 20.6. The summed E-state index contributed by atoms with van der Waals surface area (Å²) in [5.74, 6) is -0.968. The maximum absolute atomic E-state index is 11.3. The number of esters is 1. The van der Waals surface area contributed by atoms with E-state index in [0.29, 0.717) is 0 Å². The Bertz CT molecular complexity index is 338. The van der Waals surface area contributed by atoms with Gasteiger partial charge in [-0.2, -0.15) is 0 Å². The van der Waals surface area contributed by atoms with Gasteiger partial charge in [-0.05, 0) is 6.92 Å². The van der Waals surface area contributed by atoms with Crippen LogP contribution in [0, 0.1) is 0 Å². The maximum Gasteiger partial charge on any atom is 0.341 e. The van der Waals surface area contributed by atoms with E-state index in [-0.39, 0.29) is 6.61 Å². The molecule has 0 amide bonds. The predicted molar refractivity (Wildman–Crippen MR) is 62.5 cm³/mol. The number of rotatable bonds is 2. The van der Waals surface area contributed by atoms with Crippen LogP contribution in [0.2, 0.25) is 0 Å². The SMILES string of the molecule is CC1OC[C@H]2O[C@@H](OC(=O)C(Cl)Cl)[C@H](O)[C@@H](O)[C@@H]2O1. The summed E-state index contributed by atoms with van der Waals surface area (Å²) in [6.45, 7) is 1.81. The molecule has 0 aromatic rings. The lowest BCUT2D eigenvalue weighted by atomic mass is 9.98. The second kappa shape index (κ2) is 6.09. The quantitative estimate of drug-likeness (QED) is 0.526. The number of halogens is 2. The number of hydrogen-bond acceptors (Lipinski definition) is 7. The van der Waals surface area contributed by atoms with E-state index in [0.717, 1.165) is 0 Å². The van der Waals surface area contributed by atoms with E-state index in [1.54, 1.807) is 6.92 Å². The zero-order chi connectivity index (χ0) is 14.2. The van der Waals surface area contributed by atoms with Gasteiger partial charge < -0.3 is 29.2 Å². The van der Waals surface area contributed by atoms with E-state index in [2.05, 4.69) is 0 Å². The second-order valence-electron chi connectivity index (χ2n) is 4.26. The van der Waals surface area contributed by atoms with E-state index in [1.165, 1.54) is 0 Å². The van der Waals surface area contributed by atoms with Crippen LogP contribution < -0.4 is 0 Å². The molecule has 0 saturated carbocycles. The van der Waals surface area contributed by atoms with E-state index in [9.17, 15) is 15.0 Å². The van der Waals surface area contributed by atoms with Gasteiger partial charge in [0.15, 0.2) is 6.29 Å². The van der Waals surface area contributed by atoms with Crippen LogP contribution in [-0.2, 0) is 23.7 Å². The van der Waals surface area contributed by atoms with Crippen LogP contribution in [-0.4, -0.2) is 64.6 Å². The normalized spacial score (nSPS) is 42.8. The highest BCUT2D eigenvalue weighted by atomic mass is 35.5.